The van der Waals surface area contributed by atoms with Crippen LogP contribution in [0, 0.1) is 19.7 Å². The summed E-state index contributed by atoms with van der Waals surface area (Å²) < 4.78 is 41.0. The van der Waals surface area contributed by atoms with E-state index in [1.807, 2.05) is 48.9 Å². The molecular formula is C22H25FN4O3S. The van der Waals surface area contributed by atoms with Crippen molar-refractivity contribution in [1.82, 2.24) is 19.4 Å². The highest BCUT2D eigenvalue weighted by Crippen LogP contribution is 2.16. The van der Waals surface area contributed by atoms with Gasteiger partial charge in [-0.2, -0.15) is 9.40 Å². The van der Waals surface area contributed by atoms with Crippen molar-refractivity contribution >= 4 is 15.9 Å². The summed E-state index contributed by atoms with van der Waals surface area (Å²) in [6, 6.07) is 14.4. The molecule has 0 spiro atoms. The maximum absolute atomic E-state index is 13.1. The number of aromatic nitrogens is 2. The number of carbonyl (C=O) groups excluding carboxylic acids is 1. The Morgan fingerprint density at radius 1 is 1.10 bits per heavy atom. The van der Waals surface area contributed by atoms with E-state index in [9.17, 15) is 17.6 Å². The lowest BCUT2D eigenvalue weighted by Gasteiger charge is -2.17. The third kappa shape index (κ3) is 5.36. The molecule has 3 rings (SSSR count). The van der Waals surface area contributed by atoms with E-state index >= 15 is 0 Å². The average Bonchev–Trinajstić information content (AvgIpc) is 3.00. The van der Waals surface area contributed by atoms with Crippen LogP contribution in [-0.4, -0.2) is 42.0 Å². The standard InChI is InChI=1S/C22H25FN4O3S/c1-16-21(17(2)27(25-16)14-18-7-5-4-6-8-18)13-24-22(28)15-26(3)31(29,30)20-11-9-19(23)10-12-20/h4-12H,13-15H2,1-3H3,(H,24,28). The van der Waals surface area contributed by atoms with Crippen LogP contribution in [0.3, 0.4) is 0 Å². The van der Waals surface area contributed by atoms with Gasteiger partial charge in [0.1, 0.15) is 5.82 Å². The highest BCUT2D eigenvalue weighted by atomic mass is 32.2. The molecule has 0 aliphatic carbocycles. The average molecular weight is 445 g/mol. The number of aryl methyl sites for hydroxylation is 1. The Balaban J connectivity index is 1.62. The first-order valence-corrected chi connectivity index (χ1v) is 11.2. The molecule has 0 bridgehead atoms. The van der Waals surface area contributed by atoms with Crippen LogP contribution in [0.2, 0.25) is 0 Å². The molecule has 3 aromatic rings. The number of benzene rings is 2. The zero-order valence-corrected chi connectivity index (χ0v) is 18.5. The molecule has 31 heavy (non-hydrogen) atoms. The molecule has 0 unspecified atom stereocenters. The van der Waals surface area contributed by atoms with Crippen LogP contribution < -0.4 is 5.32 Å². The van der Waals surface area contributed by atoms with E-state index in [-0.39, 0.29) is 18.0 Å². The molecule has 0 saturated carbocycles. The van der Waals surface area contributed by atoms with E-state index in [1.165, 1.54) is 19.2 Å². The van der Waals surface area contributed by atoms with Gasteiger partial charge in [0.15, 0.2) is 0 Å². The summed E-state index contributed by atoms with van der Waals surface area (Å²) in [5.74, 6) is -0.972. The van der Waals surface area contributed by atoms with Crippen LogP contribution in [0.4, 0.5) is 4.39 Å². The molecule has 0 saturated heterocycles. The van der Waals surface area contributed by atoms with Gasteiger partial charge in [0, 0.05) is 24.8 Å². The van der Waals surface area contributed by atoms with Gasteiger partial charge >= 0.3 is 0 Å². The minimum atomic E-state index is -3.89. The Labute approximate surface area is 181 Å². The molecule has 0 aliphatic heterocycles. The maximum Gasteiger partial charge on any atom is 0.243 e. The van der Waals surface area contributed by atoms with Crippen molar-refractivity contribution in [2.45, 2.75) is 31.8 Å². The lowest BCUT2D eigenvalue weighted by Crippen LogP contribution is -2.38. The van der Waals surface area contributed by atoms with Crippen molar-refractivity contribution in [3.8, 4) is 0 Å². The van der Waals surface area contributed by atoms with Crippen LogP contribution in [-0.2, 0) is 27.9 Å². The first kappa shape index (κ1) is 22.6. The summed E-state index contributed by atoms with van der Waals surface area (Å²) in [4.78, 5) is 12.3. The lowest BCUT2D eigenvalue weighted by molar-refractivity contribution is -0.121. The van der Waals surface area contributed by atoms with Gasteiger partial charge in [-0.05, 0) is 43.7 Å². The normalized spacial score (nSPS) is 11.6. The van der Waals surface area contributed by atoms with Gasteiger partial charge in [-0.25, -0.2) is 12.8 Å². The van der Waals surface area contributed by atoms with Gasteiger partial charge in [-0.1, -0.05) is 30.3 Å². The number of nitrogens with zero attached hydrogens (tertiary/aromatic N) is 3. The van der Waals surface area contributed by atoms with Crippen molar-refractivity contribution in [3.05, 3.63) is 82.9 Å². The summed E-state index contributed by atoms with van der Waals surface area (Å²) in [6.45, 7) is 4.34. The maximum atomic E-state index is 13.1. The number of nitrogens with one attached hydrogen (secondary N) is 1. The number of hydrogen-bond donors (Lipinski definition) is 1. The van der Waals surface area contributed by atoms with Crippen LogP contribution in [0.15, 0.2) is 59.5 Å². The monoisotopic (exact) mass is 444 g/mol. The zero-order valence-electron chi connectivity index (χ0n) is 17.7. The number of hydrogen-bond acceptors (Lipinski definition) is 4. The minimum absolute atomic E-state index is 0.0712. The molecule has 1 amide bonds. The summed E-state index contributed by atoms with van der Waals surface area (Å²) in [7, 11) is -2.58. The quantitative estimate of drug-likeness (QED) is 0.579. The van der Waals surface area contributed by atoms with Crippen LogP contribution in [0.25, 0.3) is 0 Å². The van der Waals surface area contributed by atoms with Gasteiger partial charge in [-0.15, -0.1) is 0 Å². The number of sulfonamides is 1. The number of halogens is 1. The molecular weight excluding hydrogens is 419 g/mol. The summed E-state index contributed by atoms with van der Waals surface area (Å²) in [5.41, 5.74) is 3.76. The molecule has 9 heteroatoms. The van der Waals surface area contributed by atoms with E-state index in [0.29, 0.717) is 6.54 Å². The van der Waals surface area contributed by atoms with Crippen molar-refractivity contribution in [1.29, 1.82) is 0 Å². The molecule has 1 heterocycles. The predicted molar refractivity (Wildman–Crippen MR) is 115 cm³/mol. The van der Waals surface area contributed by atoms with Gasteiger partial charge in [0.25, 0.3) is 0 Å². The SMILES string of the molecule is Cc1nn(Cc2ccccc2)c(C)c1CNC(=O)CN(C)S(=O)(=O)c1ccc(F)cc1. The molecule has 0 aliphatic rings. The van der Waals surface area contributed by atoms with E-state index in [0.717, 1.165) is 39.0 Å². The third-order valence-corrected chi connectivity index (χ3v) is 6.87. The molecule has 0 atom stereocenters. The van der Waals surface area contributed by atoms with E-state index in [1.54, 1.807) is 0 Å². The Hall–Kier alpha value is -3.04. The van der Waals surface area contributed by atoms with Gasteiger partial charge in [0.2, 0.25) is 15.9 Å². The third-order valence-electron chi connectivity index (χ3n) is 5.06. The number of likely N-dealkylation sites (N-methyl/N-ethyl adjacent to an activating group) is 1. The second kappa shape index (κ2) is 9.40. The predicted octanol–water partition coefficient (Wildman–Crippen LogP) is 2.62. The second-order valence-electron chi connectivity index (χ2n) is 7.28. The Morgan fingerprint density at radius 2 is 1.74 bits per heavy atom. The summed E-state index contributed by atoms with van der Waals surface area (Å²) in [5, 5.41) is 7.32. The van der Waals surface area contributed by atoms with Crippen molar-refractivity contribution in [2.75, 3.05) is 13.6 Å². The summed E-state index contributed by atoms with van der Waals surface area (Å²) in [6.07, 6.45) is 0. The lowest BCUT2D eigenvalue weighted by atomic mass is 10.2. The van der Waals surface area contributed by atoms with Crippen LogP contribution in [0.5, 0.6) is 0 Å². The smallest absolute Gasteiger partial charge is 0.243 e. The highest BCUT2D eigenvalue weighted by molar-refractivity contribution is 7.89. The van der Waals surface area contributed by atoms with Gasteiger partial charge in [-0.3, -0.25) is 9.48 Å². The minimum Gasteiger partial charge on any atom is -0.351 e. The number of amides is 1. The van der Waals surface area contributed by atoms with E-state index < -0.39 is 21.7 Å². The first-order valence-electron chi connectivity index (χ1n) is 9.74. The topological polar surface area (TPSA) is 84.3 Å². The fourth-order valence-corrected chi connectivity index (χ4v) is 4.34. The fraction of sp³-hybridized carbons (Fsp3) is 0.273. The molecule has 1 N–H and O–H groups in total. The Morgan fingerprint density at radius 3 is 2.39 bits per heavy atom. The molecule has 7 nitrogen and oxygen atoms in total. The highest BCUT2D eigenvalue weighted by Gasteiger charge is 2.23. The summed E-state index contributed by atoms with van der Waals surface area (Å²) >= 11 is 0. The van der Waals surface area contributed by atoms with Gasteiger partial charge < -0.3 is 5.32 Å². The fourth-order valence-electron chi connectivity index (χ4n) is 3.22. The Kier molecular flexibility index (Phi) is 6.87. The van der Waals surface area contributed by atoms with E-state index in [4.69, 9.17) is 0 Å². The first-order chi connectivity index (χ1) is 14.7. The largest absolute Gasteiger partial charge is 0.351 e. The molecule has 2 aromatic carbocycles. The molecule has 0 fully saturated rings. The molecule has 1 aromatic heterocycles. The number of carbonyl (C=O) groups is 1. The van der Waals surface area contributed by atoms with Crippen molar-refractivity contribution < 1.29 is 17.6 Å². The van der Waals surface area contributed by atoms with Gasteiger partial charge in [0.05, 0.1) is 23.7 Å². The number of rotatable bonds is 8. The van der Waals surface area contributed by atoms with Crippen LogP contribution >= 0.6 is 0 Å². The molecule has 164 valence electrons. The van der Waals surface area contributed by atoms with Crippen molar-refractivity contribution in [2.24, 2.45) is 0 Å². The van der Waals surface area contributed by atoms with Crippen LogP contribution in [0.1, 0.15) is 22.5 Å². The zero-order chi connectivity index (χ0) is 22.6. The molecule has 0 radical (unpaired) electrons. The van der Waals surface area contributed by atoms with Crippen molar-refractivity contribution in [3.63, 3.8) is 0 Å². The second-order valence-corrected chi connectivity index (χ2v) is 9.33. The Bertz CT molecular complexity index is 1160. The van der Waals surface area contributed by atoms with E-state index in [2.05, 4.69) is 10.4 Å².